The highest BCUT2D eigenvalue weighted by atomic mass is 32.2. The summed E-state index contributed by atoms with van der Waals surface area (Å²) >= 11 is 1.81. The zero-order valence-corrected chi connectivity index (χ0v) is 17.5. The minimum absolute atomic E-state index is 0.189. The van der Waals surface area contributed by atoms with E-state index in [1.54, 1.807) is 0 Å². The van der Waals surface area contributed by atoms with Crippen molar-refractivity contribution < 1.29 is 4.79 Å². The van der Waals surface area contributed by atoms with Gasteiger partial charge in [0, 0.05) is 22.7 Å². The van der Waals surface area contributed by atoms with Gasteiger partial charge in [-0.1, -0.05) is 76.2 Å². The van der Waals surface area contributed by atoms with Crippen LogP contribution in [-0.4, -0.2) is 17.3 Å². The summed E-state index contributed by atoms with van der Waals surface area (Å²) < 4.78 is 0. The van der Waals surface area contributed by atoms with E-state index in [0.29, 0.717) is 11.8 Å². The molecule has 2 heteroatoms. The molecule has 1 nitrogen and oxygen atoms in total. The lowest BCUT2D eigenvalue weighted by atomic mass is 9.97. The van der Waals surface area contributed by atoms with E-state index >= 15 is 0 Å². The Kier molecular flexibility index (Phi) is 6.38. The molecule has 0 radical (unpaired) electrons. The molecule has 3 rings (SSSR count). The van der Waals surface area contributed by atoms with Crippen LogP contribution in [0.3, 0.4) is 0 Å². The van der Waals surface area contributed by atoms with Crippen molar-refractivity contribution >= 4 is 29.7 Å². The van der Waals surface area contributed by atoms with E-state index in [1.807, 2.05) is 23.9 Å². The molecule has 1 saturated heterocycles. The van der Waals surface area contributed by atoms with E-state index in [1.165, 1.54) is 11.1 Å². The van der Waals surface area contributed by atoms with Gasteiger partial charge >= 0.3 is 0 Å². The molecule has 1 aliphatic heterocycles. The van der Waals surface area contributed by atoms with Crippen molar-refractivity contribution in [2.75, 3.05) is 11.5 Å². The Morgan fingerprint density at radius 1 is 0.704 bits per heavy atom. The number of rotatable bonds is 4. The molecule has 0 saturated carbocycles. The fourth-order valence-corrected chi connectivity index (χ4v) is 4.15. The van der Waals surface area contributed by atoms with Gasteiger partial charge in [0.2, 0.25) is 0 Å². The van der Waals surface area contributed by atoms with Crippen LogP contribution in [0.2, 0.25) is 0 Å². The predicted molar refractivity (Wildman–Crippen MR) is 119 cm³/mol. The minimum atomic E-state index is 0.189. The highest BCUT2D eigenvalue weighted by Crippen LogP contribution is 2.27. The average molecular weight is 377 g/mol. The fraction of sp³-hybridized carbons (Fsp3) is 0.320. The highest BCUT2D eigenvalue weighted by Gasteiger charge is 2.21. The average Bonchev–Trinajstić information content (AvgIpc) is 2.66. The zero-order chi connectivity index (χ0) is 19.4. The number of hydrogen-bond donors (Lipinski definition) is 0. The van der Waals surface area contributed by atoms with Crippen molar-refractivity contribution in [1.29, 1.82) is 0 Å². The molecule has 0 bridgehead atoms. The van der Waals surface area contributed by atoms with Crippen molar-refractivity contribution in [3.05, 3.63) is 81.9 Å². The van der Waals surface area contributed by atoms with Gasteiger partial charge in [-0.2, -0.15) is 11.8 Å². The molecule has 1 aliphatic rings. The second kappa shape index (κ2) is 8.75. The Morgan fingerprint density at radius 3 is 1.41 bits per heavy atom. The van der Waals surface area contributed by atoms with Crippen LogP contribution in [0.5, 0.6) is 0 Å². The highest BCUT2D eigenvalue weighted by molar-refractivity contribution is 7.99. The fourth-order valence-electron chi connectivity index (χ4n) is 3.18. The molecule has 0 amide bonds. The third kappa shape index (κ3) is 5.01. The van der Waals surface area contributed by atoms with Gasteiger partial charge in [-0.3, -0.25) is 4.79 Å². The van der Waals surface area contributed by atoms with E-state index in [4.69, 9.17) is 0 Å². The van der Waals surface area contributed by atoms with Gasteiger partial charge in [-0.25, -0.2) is 0 Å². The third-order valence-electron chi connectivity index (χ3n) is 4.99. The summed E-state index contributed by atoms with van der Waals surface area (Å²) in [6, 6.07) is 17.1. The van der Waals surface area contributed by atoms with Crippen molar-refractivity contribution in [3.63, 3.8) is 0 Å². The number of benzene rings is 2. The van der Waals surface area contributed by atoms with Gasteiger partial charge < -0.3 is 0 Å². The van der Waals surface area contributed by atoms with Crippen LogP contribution < -0.4 is 0 Å². The van der Waals surface area contributed by atoms with Crippen molar-refractivity contribution in [3.8, 4) is 0 Å². The molecular formula is C25H28OS. The van der Waals surface area contributed by atoms with Gasteiger partial charge in [0.05, 0.1) is 0 Å². The van der Waals surface area contributed by atoms with E-state index in [0.717, 1.165) is 33.8 Å². The molecule has 0 unspecified atom stereocenters. The monoisotopic (exact) mass is 376 g/mol. The lowest BCUT2D eigenvalue weighted by Crippen LogP contribution is -2.16. The molecule has 0 spiro atoms. The van der Waals surface area contributed by atoms with Crippen LogP contribution in [0.1, 0.15) is 61.8 Å². The third-order valence-corrected chi connectivity index (χ3v) is 6.02. The van der Waals surface area contributed by atoms with Crippen LogP contribution in [0.15, 0.2) is 59.7 Å². The van der Waals surface area contributed by atoms with Crippen LogP contribution in [0, 0.1) is 0 Å². The second-order valence-electron chi connectivity index (χ2n) is 7.80. The van der Waals surface area contributed by atoms with Gasteiger partial charge in [0.1, 0.15) is 0 Å². The number of ketones is 1. The molecule has 2 aromatic carbocycles. The van der Waals surface area contributed by atoms with Gasteiger partial charge in [-0.05, 0) is 46.2 Å². The lowest BCUT2D eigenvalue weighted by molar-refractivity contribution is -0.112. The molecule has 0 atom stereocenters. The van der Waals surface area contributed by atoms with E-state index < -0.39 is 0 Å². The molecular weight excluding hydrogens is 348 g/mol. The van der Waals surface area contributed by atoms with Gasteiger partial charge in [0.15, 0.2) is 5.78 Å². The Labute approximate surface area is 167 Å². The van der Waals surface area contributed by atoms with E-state index in [-0.39, 0.29) is 5.78 Å². The maximum atomic E-state index is 12.9. The number of carbonyl (C=O) groups is 1. The molecule has 140 valence electrons. The zero-order valence-electron chi connectivity index (χ0n) is 16.7. The molecule has 27 heavy (non-hydrogen) atoms. The summed E-state index contributed by atoms with van der Waals surface area (Å²) in [7, 11) is 0. The summed E-state index contributed by atoms with van der Waals surface area (Å²) in [6.07, 6.45) is 4.10. The summed E-state index contributed by atoms with van der Waals surface area (Å²) in [5.74, 6) is 2.81. The number of thioether (sulfide) groups is 1. The van der Waals surface area contributed by atoms with Crippen LogP contribution in [0.4, 0.5) is 0 Å². The largest absolute Gasteiger partial charge is 0.289 e. The lowest BCUT2D eigenvalue weighted by Gasteiger charge is -2.16. The maximum absolute atomic E-state index is 12.9. The first-order valence-electron chi connectivity index (χ1n) is 9.67. The number of Topliss-reactive ketones (excluding diaryl/α,β-unsaturated/α-hetero) is 1. The summed E-state index contributed by atoms with van der Waals surface area (Å²) in [4.78, 5) is 12.9. The van der Waals surface area contributed by atoms with Gasteiger partial charge in [0.25, 0.3) is 0 Å². The van der Waals surface area contributed by atoms with E-state index in [2.05, 4.69) is 76.2 Å². The standard InChI is InChI=1S/C25H28OS/c1-17(2)21-9-5-19(6-10-21)13-23-15-27-16-24(25(23)26)14-20-7-11-22(12-8-20)18(3)4/h5-14,17-18H,15-16H2,1-4H3/b23-13-,24-14+. The molecule has 0 N–H and O–H groups in total. The Morgan fingerprint density at radius 2 is 1.07 bits per heavy atom. The Balaban J connectivity index is 1.80. The van der Waals surface area contributed by atoms with Crippen LogP contribution >= 0.6 is 11.8 Å². The molecule has 1 fully saturated rings. The topological polar surface area (TPSA) is 17.1 Å². The summed E-state index contributed by atoms with van der Waals surface area (Å²) in [5, 5.41) is 0. The summed E-state index contributed by atoms with van der Waals surface area (Å²) in [6.45, 7) is 8.78. The first kappa shape index (κ1) is 19.7. The molecule has 0 aliphatic carbocycles. The number of hydrogen-bond acceptors (Lipinski definition) is 2. The van der Waals surface area contributed by atoms with E-state index in [9.17, 15) is 4.79 Å². The smallest absolute Gasteiger partial charge is 0.186 e. The molecule has 1 heterocycles. The Hall–Kier alpha value is -2.06. The van der Waals surface area contributed by atoms with Gasteiger partial charge in [-0.15, -0.1) is 0 Å². The van der Waals surface area contributed by atoms with Crippen LogP contribution in [-0.2, 0) is 4.79 Å². The Bertz CT molecular complexity index is 781. The maximum Gasteiger partial charge on any atom is 0.186 e. The number of carbonyl (C=O) groups excluding carboxylic acids is 1. The van der Waals surface area contributed by atoms with Crippen molar-refractivity contribution in [2.24, 2.45) is 0 Å². The molecule has 0 aromatic heterocycles. The normalized spacial score (nSPS) is 18.1. The first-order valence-corrected chi connectivity index (χ1v) is 10.8. The summed E-state index contributed by atoms with van der Waals surface area (Å²) in [5.41, 5.74) is 6.65. The van der Waals surface area contributed by atoms with Crippen molar-refractivity contribution in [1.82, 2.24) is 0 Å². The van der Waals surface area contributed by atoms with Crippen LogP contribution in [0.25, 0.3) is 12.2 Å². The van der Waals surface area contributed by atoms with Crippen molar-refractivity contribution in [2.45, 2.75) is 39.5 Å². The second-order valence-corrected chi connectivity index (χ2v) is 8.79. The SMILES string of the molecule is CC(C)c1ccc(/C=C2\CSC/C(=C/c3ccc(C(C)C)cc3)C2=O)cc1. The first-order chi connectivity index (χ1) is 12.9. The quantitative estimate of drug-likeness (QED) is 0.551. The minimum Gasteiger partial charge on any atom is -0.289 e. The predicted octanol–water partition coefficient (Wildman–Crippen LogP) is 6.72. The molecule has 2 aromatic rings.